The maximum Gasteiger partial charge on any atom is 0.256 e. The summed E-state index contributed by atoms with van der Waals surface area (Å²) in [5, 5.41) is 2.68. The first-order chi connectivity index (χ1) is 13.4. The van der Waals surface area contributed by atoms with Crippen molar-refractivity contribution in [3.8, 4) is 11.3 Å². The lowest BCUT2D eigenvalue weighted by Gasteiger charge is -2.09. The molecule has 0 atom stereocenters. The van der Waals surface area contributed by atoms with Crippen LogP contribution in [0, 0.1) is 24.4 Å². The molecule has 0 aliphatic carbocycles. The summed E-state index contributed by atoms with van der Waals surface area (Å²) < 4.78 is 42.8. The van der Waals surface area contributed by atoms with Crippen LogP contribution in [-0.2, 0) is 0 Å². The van der Waals surface area contributed by atoms with Crippen LogP contribution in [0.4, 0.5) is 19.0 Å². The Balaban J connectivity index is 1.87. The third-order valence-electron chi connectivity index (χ3n) is 4.33. The van der Waals surface area contributed by atoms with Gasteiger partial charge in [0, 0.05) is 17.3 Å². The maximum absolute atomic E-state index is 14.4. The monoisotopic (exact) mass is 381 g/mol. The van der Waals surface area contributed by atoms with E-state index in [2.05, 4.69) is 10.3 Å². The Morgan fingerprint density at radius 3 is 2.54 bits per heavy atom. The van der Waals surface area contributed by atoms with E-state index < -0.39 is 23.4 Å². The second-order valence-corrected chi connectivity index (χ2v) is 6.30. The first kappa shape index (κ1) is 17.8. The third kappa shape index (κ3) is 3.11. The number of aromatic nitrogens is 2. The number of amides is 1. The lowest BCUT2D eigenvalue weighted by Crippen LogP contribution is -2.14. The summed E-state index contributed by atoms with van der Waals surface area (Å²) in [5.41, 5.74) is 1.62. The fourth-order valence-corrected chi connectivity index (χ4v) is 2.92. The van der Waals surface area contributed by atoms with E-state index in [1.807, 2.05) is 6.92 Å². The van der Waals surface area contributed by atoms with Crippen molar-refractivity contribution < 1.29 is 18.0 Å². The molecule has 2 aromatic carbocycles. The van der Waals surface area contributed by atoms with Gasteiger partial charge in [0.05, 0.1) is 0 Å². The average molecular weight is 381 g/mol. The molecular formula is C21H14F3N3O. The van der Waals surface area contributed by atoms with Crippen LogP contribution < -0.4 is 5.32 Å². The number of hydrogen-bond donors (Lipinski definition) is 1. The molecule has 0 saturated carbocycles. The minimum absolute atomic E-state index is 0.0734. The van der Waals surface area contributed by atoms with E-state index in [-0.39, 0.29) is 22.6 Å². The van der Waals surface area contributed by atoms with Gasteiger partial charge >= 0.3 is 0 Å². The fourth-order valence-electron chi connectivity index (χ4n) is 2.92. The van der Waals surface area contributed by atoms with Gasteiger partial charge in [-0.05, 0) is 61.0 Å². The van der Waals surface area contributed by atoms with Gasteiger partial charge in [-0.25, -0.2) is 18.2 Å². The number of nitrogens with zero attached hydrogens (tertiary/aromatic N) is 2. The SMILES string of the molecule is Cc1ccn2c(NC(=O)c3ccc(F)cc3)c(-c3cccc(F)c3F)nc2c1. The van der Waals surface area contributed by atoms with Crippen molar-refractivity contribution in [1.29, 1.82) is 0 Å². The molecule has 0 aliphatic rings. The van der Waals surface area contributed by atoms with Gasteiger partial charge in [-0.15, -0.1) is 0 Å². The molecule has 140 valence electrons. The summed E-state index contributed by atoms with van der Waals surface area (Å²) in [6, 6.07) is 12.3. The number of benzene rings is 2. The Bertz CT molecular complexity index is 1200. The summed E-state index contributed by atoms with van der Waals surface area (Å²) in [5.74, 6) is -2.87. The zero-order valence-electron chi connectivity index (χ0n) is 14.7. The Labute approximate surface area is 158 Å². The van der Waals surface area contributed by atoms with E-state index in [9.17, 15) is 18.0 Å². The maximum atomic E-state index is 14.4. The van der Waals surface area contributed by atoms with Crippen molar-refractivity contribution in [2.45, 2.75) is 6.92 Å². The van der Waals surface area contributed by atoms with Crippen LogP contribution in [0.15, 0.2) is 60.8 Å². The van der Waals surface area contributed by atoms with Gasteiger partial charge in [0.2, 0.25) is 0 Å². The second kappa shape index (κ2) is 6.84. The Hall–Kier alpha value is -3.61. The molecule has 0 spiro atoms. The Kier molecular flexibility index (Phi) is 4.35. The van der Waals surface area contributed by atoms with Gasteiger partial charge in [0.15, 0.2) is 11.6 Å². The number of halogens is 3. The van der Waals surface area contributed by atoms with Crippen molar-refractivity contribution >= 4 is 17.4 Å². The van der Waals surface area contributed by atoms with Crippen molar-refractivity contribution in [2.24, 2.45) is 0 Å². The van der Waals surface area contributed by atoms with Gasteiger partial charge in [-0.2, -0.15) is 0 Å². The van der Waals surface area contributed by atoms with Crippen LogP contribution in [0.3, 0.4) is 0 Å². The zero-order chi connectivity index (χ0) is 19.8. The highest BCUT2D eigenvalue weighted by atomic mass is 19.2. The van der Waals surface area contributed by atoms with Crippen molar-refractivity contribution in [3.63, 3.8) is 0 Å². The molecule has 4 aromatic rings. The quantitative estimate of drug-likeness (QED) is 0.544. The first-order valence-electron chi connectivity index (χ1n) is 8.44. The highest BCUT2D eigenvalue weighted by Crippen LogP contribution is 2.32. The normalized spacial score (nSPS) is 11.0. The molecule has 0 bridgehead atoms. The second-order valence-electron chi connectivity index (χ2n) is 6.30. The van der Waals surface area contributed by atoms with Gasteiger partial charge in [0.1, 0.15) is 23.0 Å². The van der Waals surface area contributed by atoms with Crippen molar-refractivity contribution in [2.75, 3.05) is 5.32 Å². The smallest absolute Gasteiger partial charge is 0.256 e. The summed E-state index contributed by atoms with van der Waals surface area (Å²) in [4.78, 5) is 17.0. The lowest BCUT2D eigenvalue weighted by atomic mass is 10.1. The summed E-state index contributed by atoms with van der Waals surface area (Å²) in [6.07, 6.45) is 1.68. The van der Waals surface area contributed by atoms with Crippen LogP contribution in [0.2, 0.25) is 0 Å². The van der Waals surface area contributed by atoms with E-state index in [0.29, 0.717) is 5.65 Å². The number of pyridine rings is 1. The first-order valence-corrected chi connectivity index (χ1v) is 8.44. The summed E-state index contributed by atoms with van der Waals surface area (Å²) in [6.45, 7) is 1.87. The van der Waals surface area contributed by atoms with Crippen molar-refractivity contribution in [1.82, 2.24) is 9.38 Å². The molecule has 0 fully saturated rings. The summed E-state index contributed by atoms with van der Waals surface area (Å²) >= 11 is 0. The number of rotatable bonds is 3. The van der Waals surface area contributed by atoms with Gasteiger partial charge in [-0.3, -0.25) is 9.20 Å². The molecule has 0 unspecified atom stereocenters. The number of carbonyl (C=O) groups is 1. The highest BCUT2D eigenvalue weighted by Gasteiger charge is 2.21. The molecular weight excluding hydrogens is 367 g/mol. The molecule has 28 heavy (non-hydrogen) atoms. The molecule has 0 aliphatic heterocycles. The molecule has 7 heteroatoms. The topological polar surface area (TPSA) is 46.4 Å². The fraction of sp³-hybridized carbons (Fsp3) is 0.0476. The van der Waals surface area contributed by atoms with Crippen LogP contribution in [0.1, 0.15) is 15.9 Å². The number of anilines is 1. The summed E-state index contributed by atoms with van der Waals surface area (Å²) in [7, 11) is 0. The molecule has 0 saturated heterocycles. The van der Waals surface area contributed by atoms with Gasteiger partial charge in [0.25, 0.3) is 5.91 Å². The largest absolute Gasteiger partial charge is 0.306 e. The highest BCUT2D eigenvalue weighted by molar-refractivity contribution is 6.05. The van der Waals surface area contributed by atoms with Gasteiger partial charge in [-0.1, -0.05) is 6.07 Å². The lowest BCUT2D eigenvalue weighted by molar-refractivity contribution is 0.102. The standard InChI is InChI=1S/C21H14F3N3O/c1-12-9-10-27-17(11-12)25-19(15-3-2-4-16(23)18(15)24)20(27)26-21(28)13-5-7-14(22)8-6-13/h2-11H,1H3,(H,26,28). The number of nitrogens with one attached hydrogen (secondary N) is 1. The number of carbonyl (C=O) groups excluding carboxylic acids is 1. The van der Waals surface area contributed by atoms with Crippen LogP contribution in [0.5, 0.6) is 0 Å². The number of aryl methyl sites for hydroxylation is 1. The number of hydrogen-bond acceptors (Lipinski definition) is 2. The van der Waals surface area contributed by atoms with Crippen LogP contribution in [0.25, 0.3) is 16.9 Å². The molecule has 4 nitrogen and oxygen atoms in total. The molecule has 0 radical (unpaired) electrons. The molecule has 2 heterocycles. The third-order valence-corrected chi connectivity index (χ3v) is 4.33. The van der Waals surface area contributed by atoms with Crippen LogP contribution >= 0.6 is 0 Å². The molecule has 4 rings (SSSR count). The predicted molar refractivity (Wildman–Crippen MR) is 99.6 cm³/mol. The molecule has 2 aromatic heterocycles. The minimum atomic E-state index is -1.06. The number of imidazole rings is 1. The van der Waals surface area contributed by atoms with Crippen molar-refractivity contribution in [3.05, 3.63) is 89.4 Å². The van der Waals surface area contributed by atoms with Gasteiger partial charge < -0.3 is 5.32 Å². The van der Waals surface area contributed by atoms with Crippen LogP contribution in [-0.4, -0.2) is 15.3 Å². The van der Waals surface area contributed by atoms with E-state index in [0.717, 1.165) is 11.6 Å². The molecule has 1 N–H and O–H groups in total. The minimum Gasteiger partial charge on any atom is -0.306 e. The van der Waals surface area contributed by atoms with E-state index in [1.54, 1.807) is 22.7 Å². The Morgan fingerprint density at radius 2 is 1.79 bits per heavy atom. The Morgan fingerprint density at radius 1 is 1.04 bits per heavy atom. The van der Waals surface area contributed by atoms with E-state index in [4.69, 9.17) is 0 Å². The zero-order valence-corrected chi connectivity index (χ0v) is 14.7. The molecule has 1 amide bonds. The number of fused-ring (bicyclic) bond motifs is 1. The van der Waals surface area contributed by atoms with E-state index >= 15 is 0 Å². The van der Waals surface area contributed by atoms with E-state index in [1.165, 1.54) is 36.4 Å². The predicted octanol–water partition coefficient (Wildman–Crippen LogP) is 4.98. The average Bonchev–Trinajstić information content (AvgIpc) is 3.01.